The number of alkyl halides is 7. The van der Waals surface area contributed by atoms with E-state index < -0.39 is 54.5 Å². The summed E-state index contributed by atoms with van der Waals surface area (Å²) in [5.41, 5.74) is 0. The highest BCUT2D eigenvalue weighted by molar-refractivity contribution is 5.75. The maximum absolute atomic E-state index is 13.7. The second kappa shape index (κ2) is 7.03. The molecule has 0 heterocycles. The third-order valence-corrected chi connectivity index (χ3v) is 4.38. The zero-order valence-corrected chi connectivity index (χ0v) is 13.1. The Bertz CT molecular complexity index is 631. The van der Waals surface area contributed by atoms with Gasteiger partial charge in [-0.25, -0.2) is 4.39 Å². The summed E-state index contributed by atoms with van der Waals surface area (Å²) >= 11 is 0. The molecule has 1 saturated carbocycles. The molecule has 0 saturated heterocycles. The van der Waals surface area contributed by atoms with E-state index in [1.165, 1.54) is 0 Å². The highest BCUT2D eigenvalue weighted by atomic mass is 19.4. The van der Waals surface area contributed by atoms with Crippen LogP contribution in [0.15, 0.2) is 24.3 Å². The van der Waals surface area contributed by atoms with Gasteiger partial charge in [0.1, 0.15) is 11.6 Å². The molecule has 10 heteroatoms. The summed E-state index contributed by atoms with van der Waals surface area (Å²) in [5, 5.41) is 0. The molecule has 1 aromatic rings. The van der Waals surface area contributed by atoms with E-state index in [-0.39, 0.29) is 18.6 Å². The van der Waals surface area contributed by atoms with E-state index in [0.29, 0.717) is 0 Å². The van der Waals surface area contributed by atoms with Crippen molar-refractivity contribution in [1.29, 1.82) is 0 Å². The van der Waals surface area contributed by atoms with Crippen LogP contribution < -0.4 is 4.74 Å². The van der Waals surface area contributed by atoms with Crippen LogP contribution in [0.3, 0.4) is 0 Å². The molecular weight excluding hydrogens is 376 g/mol. The van der Waals surface area contributed by atoms with Gasteiger partial charge in [-0.2, -0.15) is 30.7 Å². The first-order valence-electron chi connectivity index (χ1n) is 7.66. The quantitative estimate of drug-likeness (QED) is 0.393. The van der Waals surface area contributed by atoms with Gasteiger partial charge in [0, 0.05) is 5.92 Å². The van der Waals surface area contributed by atoms with Crippen LogP contribution in [0.25, 0.3) is 0 Å². The molecule has 0 amide bonds. The number of hydrogen-bond acceptors (Lipinski definition) is 2. The maximum atomic E-state index is 13.7. The molecule has 26 heavy (non-hydrogen) atoms. The van der Waals surface area contributed by atoms with Gasteiger partial charge in [0.25, 0.3) is 0 Å². The summed E-state index contributed by atoms with van der Waals surface area (Å²) in [4.78, 5) is 11.9. The normalized spacial score (nSPS) is 22.2. The van der Waals surface area contributed by atoms with Gasteiger partial charge in [-0.05, 0) is 49.9 Å². The third-order valence-electron chi connectivity index (χ3n) is 4.38. The number of benzene rings is 1. The number of halogens is 8. The lowest BCUT2D eigenvalue weighted by molar-refractivity contribution is -0.367. The number of carbonyl (C=O) groups excluding carboxylic acids is 1. The molecule has 0 aromatic heterocycles. The highest BCUT2D eigenvalue weighted by Crippen LogP contribution is 2.53. The predicted octanol–water partition coefficient (Wildman–Crippen LogP) is 5.37. The SMILES string of the molecule is O=C(Oc1ccc(F)cc1)[C@H]1CC[C@H](C(F)(F)C(F)(F)C(F)(F)F)CC1. The average Bonchev–Trinajstić information content (AvgIpc) is 2.56. The van der Waals surface area contributed by atoms with Crippen LogP contribution in [0.4, 0.5) is 35.1 Å². The van der Waals surface area contributed by atoms with E-state index in [1.807, 2.05) is 0 Å². The monoisotopic (exact) mass is 390 g/mol. The Labute approximate surface area is 143 Å². The summed E-state index contributed by atoms with van der Waals surface area (Å²) in [7, 11) is 0. The fraction of sp³-hybridized carbons (Fsp3) is 0.562. The molecule has 1 fully saturated rings. The molecule has 1 aromatic carbocycles. The van der Waals surface area contributed by atoms with E-state index in [9.17, 15) is 39.9 Å². The minimum Gasteiger partial charge on any atom is -0.426 e. The molecule has 0 radical (unpaired) electrons. The van der Waals surface area contributed by atoms with Crippen molar-refractivity contribution in [2.45, 2.75) is 43.7 Å². The van der Waals surface area contributed by atoms with E-state index in [0.717, 1.165) is 24.3 Å². The molecule has 0 N–H and O–H groups in total. The van der Waals surface area contributed by atoms with Gasteiger partial charge < -0.3 is 4.74 Å². The Morgan fingerprint density at radius 2 is 1.38 bits per heavy atom. The van der Waals surface area contributed by atoms with Crippen molar-refractivity contribution in [3.63, 3.8) is 0 Å². The van der Waals surface area contributed by atoms with Crippen LogP contribution in [0.5, 0.6) is 5.75 Å². The Balaban J connectivity index is 1.98. The third kappa shape index (κ3) is 3.93. The van der Waals surface area contributed by atoms with E-state index in [1.54, 1.807) is 0 Å². The van der Waals surface area contributed by atoms with Gasteiger partial charge in [0.05, 0.1) is 5.92 Å². The number of hydrogen-bond donors (Lipinski definition) is 0. The molecule has 146 valence electrons. The first-order chi connectivity index (χ1) is 11.9. The van der Waals surface area contributed by atoms with Crippen molar-refractivity contribution in [3.05, 3.63) is 30.1 Å². The summed E-state index contributed by atoms with van der Waals surface area (Å²) < 4.78 is 108. The Kier molecular flexibility index (Phi) is 5.53. The lowest BCUT2D eigenvalue weighted by Crippen LogP contribution is -2.56. The lowest BCUT2D eigenvalue weighted by atomic mass is 9.77. The van der Waals surface area contributed by atoms with Crippen LogP contribution in [-0.4, -0.2) is 24.0 Å². The minimum atomic E-state index is -6.37. The maximum Gasteiger partial charge on any atom is 0.459 e. The van der Waals surface area contributed by atoms with Gasteiger partial charge >= 0.3 is 24.0 Å². The van der Waals surface area contributed by atoms with Crippen molar-refractivity contribution in [3.8, 4) is 5.75 Å². The summed E-state index contributed by atoms with van der Waals surface area (Å²) in [6.45, 7) is 0. The first-order valence-corrected chi connectivity index (χ1v) is 7.66. The average molecular weight is 390 g/mol. The summed E-state index contributed by atoms with van der Waals surface area (Å²) in [6.07, 6.45) is -8.35. The standard InChI is InChI=1S/C16H14F8O2/c17-11-5-7-12(8-6-11)26-13(25)9-1-3-10(4-2-9)14(18,19)15(20,21)16(22,23)24/h5-10H,1-4H2/t9-,10-. The van der Waals surface area contributed by atoms with Crippen LogP contribution in [0.2, 0.25) is 0 Å². The fourth-order valence-corrected chi connectivity index (χ4v) is 2.84. The largest absolute Gasteiger partial charge is 0.459 e. The highest BCUT2D eigenvalue weighted by Gasteiger charge is 2.74. The number of esters is 1. The number of rotatable bonds is 4. The zero-order chi connectivity index (χ0) is 19.8. The molecular formula is C16H14F8O2. The second-order valence-corrected chi connectivity index (χ2v) is 6.12. The van der Waals surface area contributed by atoms with Crippen LogP contribution in [0, 0.1) is 17.7 Å². The second-order valence-electron chi connectivity index (χ2n) is 6.12. The smallest absolute Gasteiger partial charge is 0.426 e. The Hall–Kier alpha value is -1.87. The molecule has 0 spiro atoms. The van der Waals surface area contributed by atoms with Crippen molar-refractivity contribution >= 4 is 5.97 Å². The number of ether oxygens (including phenoxy) is 1. The van der Waals surface area contributed by atoms with Gasteiger partial charge in [0.15, 0.2) is 0 Å². The molecule has 1 aliphatic rings. The summed E-state index contributed by atoms with van der Waals surface area (Å²) in [6, 6.07) is 4.38. The Morgan fingerprint density at radius 3 is 1.85 bits per heavy atom. The van der Waals surface area contributed by atoms with Crippen LogP contribution in [-0.2, 0) is 4.79 Å². The van der Waals surface area contributed by atoms with Crippen molar-refractivity contribution in [1.82, 2.24) is 0 Å². The number of carbonyl (C=O) groups is 1. The molecule has 1 aliphatic carbocycles. The topological polar surface area (TPSA) is 26.3 Å². The van der Waals surface area contributed by atoms with E-state index in [4.69, 9.17) is 4.74 Å². The van der Waals surface area contributed by atoms with Crippen LogP contribution >= 0.6 is 0 Å². The van der Waals surface area contributed by atoms with Gasteiger partial charge in [-0.3, -0.25) is 4.79 Å². The Morgan fingerprint density at radius 1 is 0.885 bits per heavy atom. The minimum absolute atomic E-state index is 0.00691. The lowest BCUT2D eigenvalue weighted by Gasteiger charge is -2.37. The van der Waals surface area contributed by atoms with Crippen LogP contribution in [0.1, 0.15) is 25.7 Å². The first kappa shape index (κ1) is 20.4. The molecule has 0 bridgehead atoms. The van der Waals surface area contributed by atoms with E-state index >= 15 is 0 Å². The van der Waals surface area contributed by atoms with E-state index in [2.05, 4.69) is 0 Å². The predicted molar refractivity (Wildman–Crippen MR) is 73.4 cm³/mol. The van der Waals surface area contributed by atoms with Gasteiger partial charge in [-0.15, -0.1) is 0 Å². The summed E-state index contributed by atoms with van der Waals surface area (Å²) in [5.74, 6) is -15.9. The van der Waals surface area contributed by atoms with Gasteiger partial charge in [-0.1, -0.05) is 0 Å². The molecule has 0 aliphatic heterocycles. The molecule has 2 nitrogen and oxygen atoms in total. The fourth-order valence-electron chi connectivity index (χ4n) is 2.84. The van der Waals surface area contributed by atoms with Crippen molar-refractivity contribution in [2.75, 3.05) is 0 Å². The molecule has 2 rings (SSSR count). The van der Waals surface area contributed by atoms with Crippen molar-refractivity contribution in [2.24, 2.45) is 11.8 Å². The van der Waals surface area contributed by atoms with Gasteiger partial charge in [0.2, 0.25) is 0 Å². The molecule has 0 atom stereocenters. The van der Waals surface area contributed by atoms with Crippen molar-refractivity contribution < 1.29 is 44.7 Å². The molecule has 0 unspecified atom stereocenters. The zero-order valence-electron chi connectivity index (χ0n) is 13.1.